The summed E-state index contributed by atoms with van der Waals surface area (Å²) in [6, 6.07) is 10.7. The second kappa shape index (κ2) is 10.9. The summed E-state index contributed by atoms with van der Waals surface area (Å²) in [7, 11) is 0. The Morgan fingerprint density at radius 1 is 1.29 bits per heavy atom. The Labute approximate surface area is 165 Å². The first-order valence-electron chi connectivity index (χ1n) is 9.17. The molecule has 3 nitrogen and oxygen atoms in total. The maximum atomic E-state index is 10.6. The van der Waals surface area contributed by atoms with Crippen LogP contribution >= 0.6 is 0 Å². The molecule has 28 heavy (non-hydrogen) atoms. The van der Waals surface area contributed by atoms with Gasteiger partial charge < -0.3 is 5.32 Å². The van der Waals surface area contributed by atoms with Crippen molar-refractivity contribution in [2.24, 2.45) is 5.41 Å². The molecule has 6 heteroatoms. The molecule has 1 fully saturated rings. The Bertz CT molecular complexity index is 656. The van der Waals surface area contributed by atoms with E-state index in [-0.39, 0.29) is 18.4 Å². The van der Waals surface area contributed by atoms with Gasteiger partial charge in [0.05, 0.1) is 6.04 Å². The van der Waals surface area contributed by atoms with Crippen molar-refractivity contribution in [2.75, 3.05) is 19.6 Å². The van der Waals surface area contributed by atoms with E-state index in [1.165, 1.54) is 5.56 Å². The van der Waals surface area contributed by atoms with Crippen molar-refractivity contribution in [3.8, 4) is 0 Å². The third-order valence-electron chi connectivity index (χ3n) is 4.73. The minimum atomic E-state index is -4.00. The van der Waals surface area contributed by atoms with E-state index in [4.69, 9.17) is 0 Å². The molecular weight excluding hydrogens is 365 g/mol. The number of carbonyl (C=O) groups is 1. The molecule has 2 rings (SSSR count). The number of amides is 1. The lowest BCUT2D eigenvalue weighted by Crippen LogP contribution is -2.60. The summed E-state index contributed by atoms with van der Waals surface area (Å²) in [5, 5.41) is 2.85. The lowest BCUT2D eigenvalue weighted by Gasteiger charge is -2.53. The van der Waals surface area contributed by atoms with Crippen LogP contribution in [-0.4, -0.2) is 37.1 Å². The van der Waals surface area contributed by atoms with Gasteiger partial charge in [0.25, 0.3) is 0 Å². The number of allylic oxidation sites excluding steroid dienone is 2. The number of nitrogens with one attached hydrogen (secondary N) is 1. The number of carbonyl (C=O) groups excluding carboxylic acids is 1. The molecule has 0 bridgehead atoms. The van der Waals surface area contributed by atoms with Crippen LogP contribution in [0.3, 0.4) is 0 Å². The van der Waals surface area contributed by atoms with E-state index in [9.17, 15) is 18.0 Å². The Hall–Kier alpha value is -2.34. The van der Waals surface area contributed by atoms with E-state index in [1.54, 1.807) is 0 Å². The van der Waals surface area contributed by atoms with Gasteiger partial charge in [-0.25, -0.2) is 0 Å². The van der Waals surface area contributed by atoms with E-state index in [0.717, 1.165) is 38.0 Å². The Balaban J connectivity index is 0.000000696. The van der Waals surface area contributed by atoms with Gasteiger partial charge in [-0.05, 0) is 17.6 Å². The number of alkyl halides is 3. The van der Waals surface area contributed by atoms with E-state index in [1.807, 2.05) is 24.3 Å². The molecule has 1 aromatic rings. The van der Waals surface area contributed by atoms with Crippen LogP contribution in [0.25, 0.3) is 0 Å². The summed E-state index contributed by atoms with van der Waals surface area (Å²) in [5.74, 6) is 0. The normalized spacial score (nSPS) is 17.4. The van der Waals surface area contributed by atoms with Crippen molar-refractivity contribution in [3.63, 3.8) is 0 Å². The third-order valence-corrected chi connectivity index (χ3v) is 4.73. The van der Waals surface area contributed by atoms with Gasteiger partial charge in [-0.3, -0.25) is 9.69 Å². The maximum absolute atomic E-state index is 10.6. The monoisotopic (exact) mass is 394 g/mol. The van der Waals surface area contributed by atoms with Gasteiger partial charge in [0.2, 0.25) is 6.41 Å². The van der Waals surface area contributed by atoms with Gasteiger partial charge in [0.1, 0.15) is 0 Å². The zero-order valence-electron chi connectivity index (χ0n) is 16.5. The number of benzene rings is 1. The van der Waals surface area contributed by atoms with Crippen LogP contribution in [0, 0.1) is 5.41 Å². The quantitative estimate of drug-likeness (QED) is 0.469. The molecule has 1 aliphatic heterocycles. The van der Waals surface area contributed by atoms with E-state index in [2.05, 4.69) is 54.6 Å². The number of rotatable bonds is 9. The lowest BCUT2D eigenvalue weighted by molar-refractivity contribution is -0.111. The van der Waals surface area contributed by atoms with Crippen LogP contribution in [0.5, 0.6) is 0 Å². The number of halogens is 3. The standard InChI is InChI=1S/C20H26N2O.C2H3F3/c1-4-10-17(5-2)19(18-11-8-7-9-12-18)22-14-20(6-3,15-22)13-21-16-23;1-2(3,4)5/h4-5,7-12,16,19H,1-2,6,13-15H2,3H3,(H,21,23);1H3/b17-10+;. The highest BCUT2D eigenvalue weighted by Gasteiger charge is 2.44. The highest BCUT2D eigenvalue weighted by molar-refractivity contribution is 5.46. The molecule has 0 aliphatic carbocycles. The fourth-order valence-electron chi connectivity index (χ4n) is 3.37. The average molecular weight is 394 g/mol. The zero-order valence-corrected chi connectivity index (χ0v) is 16.5. The summed E-state index contributed by atoms with van der Waals surface area (Å²) in [6.45, 7) is 12.8. The van der Waals surface area contributed by atoms with Crippen LogP contribution in [0.1, 0.15) is 31.9 Å². The molecule has 1 saturated heterocycles. The van der Waals surface area contributed by atoms with Crippen molar-refractivity contribution in [2.45, 2.75) is 32.5 Å². The van der Waals surface area contributed by atoms with Crippen LogP contribution in [0.2, 0.25) is 0 Å². The van der Waals surface area contributed by atoms with Crippen molar-refractivity contribution in [1.29, 1.82) is 0 Å². The lowest BCUT2D eigenvalue weighted by atomic mass is 9.75. The topological polar surface area (TPSA) is 32.3 Å². The van der Waals surface area contributed by atoms with E-state index >= 15 is 0 Å². The second-order valence-corrected chi connectivity index (χ2v) is 6.96. The molecule has 1 atom stereocenters. The van der Waals surface area contributed by atoms with Gasteiger partial charge in [-0.1, -0.05) is 68.6 Å². The molecule has 0 spiro atoms. The molecule has 1 heterocycles. The number of hydrogen-bond acceptors (Lipinski definition) is 2. The summed E-state index contributed by atoms with van der Waals surface area (Å²) in [5.41, 5.74) is 2.58. The first kappa shape index (κ1) is 23.7. The predicted octanol–water partition coefficient (Wildman–Crippen LogP) is 5.05. The highest BCUT2D eigenvalue weighted by atomic mass is 19.4. The average Bonchev–Trinajstić information content (AvgIpc) is 2.62. The highest BCUT2D eigenvalue weighted by Crippen LogP contribution is 2.42. The van der Waals surface area contributed by atoms with E-state index < -0.39 is 6.18 Å². The fourth-order valence-corrected chi connectivity index (χ4v) is 3.37. The van der Waals surface area contributed by atoms with Gasteiger partial charge >= 0.3 is 6.18 Å². The first-order valence-corrected chi connectivity index (χ1v) is 9.17. The van der Waals surface area contributed by atoms with Crippen molar-refractivity contribution in [1.82, 2.24) is 10.2 Å². The van der Waals surface area contributed by atoms with E-state index in [0.29, 0.717) is 0 Å². The number of likely N-dealkylation sites (tertiary alicyclic amines) is 1. The minimum Gasteiger partial charge on any atom is -0.358 e. The van der Waals surface area contributed by atoms with Gasteiger partial charge in [0, 0.05) is 32.0 Å². The number of hydrogen-bond donors (Lipinski definition) is 1. The van der Waals surface area contributed by atoms with Gasteiger partial charge in [0.15, 0.2) is 0 Å². The maximum Gasteiger partial charge on any atom is 0.386 e. The molecular formula is C22H29F3N2O. The van der Waals surface area contributed by atoms with Gasteiger partial charge in [-0.2, -0.15) is 13.2 Å². The molecule has 1 N–H and O–H groups in total. The second-order valence-electron chi connectivity index (χ2n) is 6.96. The molecule has 1 amide bonds. The molecule has 1 aromatic carbocycles. The molecule has 0 aromatic heterocycles. The fraction of sp³-hybridized carbons (Fsp3) is 0.409. The van der Waals surface area contributed by atoms with Crippen LogP contribution in [-0.2, 0) is 4.79 Å². The van der Waals surface area contributed by atoms with Crippen molar-refractivity contribution >= 4 is 6.41 Å². The summed E-state index contributed by atoms with van der Waals surface area (Å²) < 4.78 is 31.1. The molecule has 154 valence electrons. The molecule has 0 saturated carbocycles. The summed E-state index contributed by atoms with van der Waals surface area (Å²) >= 11 is 0. The Morgan fingerprint density at radius 2 is 1.86 bits per heavy atom. The third kappa shape index (κ3) is 7.35. The largest absolute Gasteiger partial charge is 0.386 e. The smallest absolute Gasteiger partial charge is 0.358 e. The predicted molar refractivity (Wildman–Crippen MR) is 108 cm³/mol. The minimum absolute atomic E-state index is 0.175. The Kier molecular flexibility index (Phi) is 9.19. The Morgan fingerprint density at radius 3 is 2.29 bits per heavy atom. The van der Waals surface area contributed by atoms with Crippen molar-refractivity contribution < 1.29 is 18.0 Å². The summed E-state index contributed by atoms with van der Waals surface area (Å²) in [4.78, 5) is 13.1. The van der Waals surface area contributed by atoms with Gasteiger partial charge in [-0.15, -0.1) is 0 Å². The summed E-state index contributed by atoms with van der Waals surface area (Å²) in [6.07, 6.45) is 3.60. The molecule has 0 radical (unpaired) electrons. The van der Waals surface area contributed by atoms with Crippen LogP contribution in [0.15, 0.2) is 67.3 Å². The first-order chi connectivity index (χ1) is 13.2. The molecule has 1 aliphatic rings. The van der Waals surface area contributed by atoms with Crippen LogP contribution in [0.4, 0.5) is 13.2 Å². The molecule has 1 unspecified atom stereocenters. The van der Waals surface area contributed by atoms with Crippen LogP contribution < -0.4 is 5.32 Å². The van der Waals surface area contributed by atoms with Crippen molar-refractivity contribution in [3.05, 3.63) is 72.9 Å². The zero-order chi connectivity index (χ0) is 21.2. The number of nitrogens with zero attached hydrogens (tertiary/aromatic N) is 1. The SMILES string of the molecule is C=C/C=C(\C=C)C(c1ccccc1)N1CC(CC)(CNC=O)C1.CC(F)(F)F.